The quantitative estimate of drug-likeness (QED) is 0.643. The molecule has 0 bridgehead atoms. The zero-order valence-corrected chi connectivity index (χ0v) is 11.6. The van der Waals surface area contributed by atoms with Gasteiger partial charge in [-0.05, 0) is 6.07 Å². The highest BCUT2D eigenvalue weighted by molar-refractivity contribution is 7.13. The summed E-state index contributed by atoms with van der Waals surface area (Å²) in [6.45, 7) is 0. The average molecular weight is 301 g/mol. The number of hydrogen-bond donors (Lipinski definition) is 3. The second-order valence-corrected chi connectivity index (χ2v) is 5.17. The number of rotatable bonds is 4. The molecule has 0 fully saturated rings. The first-order chi connectivity index (χ1) is 10.1. The van der Waals surface area contributed by atoms with Gasteiger partial charge in [0, 0.05) is 10.8 Å². The van der Waals surface area contributed by atoms with Gasteiger partial charge in [-0.15, -0.1) is 21.6 Å². The summed E-state index contributed by atoms with van der Waals surface area (Å²) in [5, 5.41) is 20.7. The van der Waals surface area contributed by atoms with Gasteiger partial charge < -0.3 is 15.8 Å². The number of aromatic nitrogens is 2. The number of nitrogens with two attached hydrogens (primary N) is 1. The third kappa shape index (κ3) is 2.75. The van der Waals surface area contributed by atoms with E-state index >= 15 is 0 Å². The molecule has 4 N–H and O–H groups in total. The fourth-order valence-electron chi connectivity index (χ4n) is 1.91. The first-order valence-corrected chi connectivity index (χ1v) is 6.95. The molecule has 0 radical (unpaired) electrons. The van der Waals surface area contributed by atoms with E-state index in [2.05, 4.69) is 20.2 Å². The minimum absolute atomic E-state index is 0.0473. The molecule has 1 aromatic carbocycles. The van der Waals surface area contributed by atoms with E-state index in [0.717, 1.165) is 10.9 Å². The van der Waals surface area contributed by atoms with Crippen LogP contribution in [0.3, 0.4) is 0 Å². The number of azo groups is 1. The molecule has 0 saturated heterocycles. The predicted octanol–water partition coefficient (Wildman–Crippen LogP) is 2.77. The molecule has 1 amide bonds. The van der Waals surface area contributed by atoms with Crippen LogP contribution >= 0.6 is 11.3 Å². The summed E-state index contributed by atoms with van der Waals surface area (Å²) < 4.78 is 0. The van der Waals surface area contributed by atoms with E-state index in [0.29, 0.717) is 16.5 Å². The van der Waals surface area contributed by atoms with Crippen molar-refractivity contribution in [1.82, 2.24) is 9.97 Å². The SMILES string of the molecule is NC(=O)Cc1csc(N=Nc2c(O)[nH]c3ccccc23)n1. The van der Waals surface area contributed by atoms with Crippen molar-refractivity contribution in [3.63, 3.8) is 0 Å². The Morgan fingerprint density at radius 2 is 2.19 bits per heavy atom. The highest BCUT2D eigenvalue weighted by Crippen LogP contribution is 2.36. The lowest BCUT2D eigenvalue weighted by Gasteiger charge is -1.90. The molecule has 3 rings (SSSR count). The molecule has 7 nitrogen and oxygen atoms in total. The van der Waals surface area contributed by atoms with Gasteiger partial charge in [-0.2, -0.15) is 0 Å². The maximum absolute atomic E-state index is 10.8. The number of nitrogens with one attached hydrogen (secondary N) is 1. The van der Waals surface area contributed by atoms with Gasteiger partial charge in [-0.1, -0.05) is 18.2 Å². The lowest BCUT2D eigenvalue weighted by molar-refractivity contribution is -0.117. The lowest BCUT2D eigenvalue weighted by atomic mass is 10.2. The highest BCUT2D eigenvalue weighted by Gasteiger charge is 2.10. The number of primary amides is 1. The largest absolute Gasteiger partial charge is 0.493 e. The second kappa shape index (κ2) is 5.33. The number of carbonyl (C=O) groups excluding carboxylic acids is 1. The molecule has 8 heteroatoms. The summed E-state index contributed by atoms with van der Waals surface area (Å²) in [6, 6.07) is 7.38. The summed E-state index contributed by atoms with van der Waals surface area (Å²) in [4.78, 5) is 17.8. The summed E-state index contributed by atoms with van der Waals surface area (Å²) >= 11 is 1.25. The highest BCUT2D eigenvalue weighted by atomic mass is 32.1. The van der Waals surface area contributed by atoms with Crippen molar-refractivity contribution in [2.24, 2.45) is 16.0 Å². The standard InChI is InChI=1S/C13H11N5O2S/c14-10(19)5-7-6-21-13(15-7)18-17-11-8-3-1-2-4-9(8)16-12(11)20/h1-4,6,16,20H,5H2,(H2,14,19). The van der Waals surface area contributed by atoms with E-state index in [1.54, 1.807) is 5.38 Å². The average Bonchev–Trinajstić information content (AvgIpc) is 2.99. The Labute approximate surface area is 123 Å². The van der Waals surface area contributed by atoms with Gasteiger partial charge in [0.05, 0.1) is 17.6 Å². The zero-order valence-electron chi connectivity index (χ0n) is 10.8. The summed E-state index contributed by atoms with van der Waals surface area (Å²) in [5.74, 6) is -0.494. The van der Waals surface area contributed by atoms with Crippen molar-refractivity contribution in [1.29, 1.82) is 0 Å². The summed E-state index contributed by atoms with van der Waals surface area (Å²) in [5.41, 5.74) is 6.80. The number of aromatic hydroxyl groups is 1. The van der Waals surface area contributed by atoms with Crippen LogP contribution in [-0.4, -0.2) is 21.0 Å². The Morgan fingerprint density at radius 1 is 1.38 bits per heavy atom. The van der Waals surface area contributed by atoms with Gasteiger partial charge in [0.2, 0.25) is 16.9 Å². The molecule has 0 spiro atoms. The molecule has 0 saturated carbocycles. The molecule has 0 unspecified atom stereocenters. The number of para-hydroxylation sites is 1. The third-order valence-electron chi connectivity index (χ3n) is 2.79. The fraction of sp³-hybridized carbons (Fsp3) is 0.0769. The fourth-order valence-corrected chi connectivity index (χ4v) is 2.54. The summed E-state index contributed by atoms with van der Waals surface area (Å²) in [6.07, 6.45) is 0.0738. The number of nitrogens with zero attached hydrogens (tertiary/aromatic N) is 3. The molecule has 3 aromatic rings. The first-order valence-electron chi connectivity index (χ1n) is 6.07. The first kappa shape index (κ1) is 13.3. The number of amides is 1. The molecule has 0 atom stereocenters. The Kier molecular flexibility index (Phi) is 3.36. The van der Waals surface area contributed by atoms with Crippen LogP contribution in [0.1, 0.15) is 5.69 Å². The van der Waals surface area contributed by atoms with Gasteiger partial charge in [0.15, 0.2) is 5.69 Å². The minimum Gasteiger partial charge on any atom is -0.493 e. The van der Waals surface area contributed by atoms with E-state index in [4.69, 9.17) is 5.73 Å². The van der Waals surface area contributed by atoms with Gasteiger partial charge in [-0.3, -0.25) is 4.79 Å². The number of carbonyl (C=O) groups is 1. The van der Waals surface area contributed by atoms with E-state index in [-0.39, 0.29) is 12.3 Å². The number of H-pyrrole nitrogens is 1. The van der Waals surface area contributed by atoms with Crippen molar-refractivity contribution >= 4 is 39.0 Å². The lowest BCUT2D eigenvalue weighted by Crippen LogP contribution is -2.13. The number of aromatic amines is 1. The molecule has 2 heterocycles. The van der Waals surface area contributed by atoms with Crippen LogP contribution in [0.25, 0.3) is 10.9 Å². The van der Waals surface area contributed by atoms with Crippen molar-refractivity contribution < 1.29 is 9.90 Å². The molecule has 0 aliphatic carbocycles. The van der Waals surface area contributed by atoms with Gasteiger partial charge in [0.1, 0.15) is 0 Å². The number of benzene rings is 1. The van der Waals surface area contributed by atoms with Gasteiger partial charge >= 0.3 is 0 Å². The van der Waals surface area contributed by atoms with Crippen LogP contribution in [0, 0.1) is 0 Å². The Morgan fingerprint density at radius 3 is 3.00 bits per heavy atom. The van der Waals surface area contributed by atoms with Crippen molar-refractivity contribution in [3.05, 3.63) is 35.3 Å². The molecular weight excluding hydrogens is 290 g/mol. The molecule has 21 heavy (non-hydrogen) atoms. The monoisotopic (exact) mass is 301 g/mol. The van der Waals surface area contributed by atoms with Crippen molar-refractivity contribution in [3.8, 4) is 5.88 Å². The van der Waals surface area contributed by atoms with Crippen LogP contribution in [-0.2, 0) is 11.2 Å². The zero-order chi connectivity index (χ0) is 14.8. The number of hydrogen-bond acceptors (Lipinski definition) is 6. The van der Waals surface area contributed by atoms with Crippen molar-refractivity contribution in [2.75, 3.05) is 0 Å². The molecule has 0 aliphatic heterocycles. The predicted molar refractivity (Wildman–Crippen MR) is 79.2 cm³/mol. The Balaban J connectivity index is 1.89. The van der Waals surface area contributed by atoms with Crippen LogP contribution in [0.15, 0.2) is 39.9 Å². The topological polar surface area (TPSA) is 117 Å². The van der Waals surface area contributed by atoms with Gasteiger partial charge in [-0.25, -0.2) is 4.98 Å². The normalized spacial score (nSPS) is 11.4. The van der Waals surface area contributed by atoms with E-state index in [9.17, 15) is 9.90 Å². The maximum Gasteiger partial charge on any atom is 0.230 e. The second-order valence-electron chi connectivity index (χ2n) is 4.33. The van der Waals surface area contributed by atoms with Crippen LogP contribution < -0.4 is 5.73 Å². The Hall–Kier alpha value is -2.74. The minimum atomic E-state index is -0.446. The molecule has 106 valence electrons. The summed E-state index contributed by atoms with van der Waals surface area (Å²) in [7, 11) is 0. The van der Waals surface area contributed by atoms with E-state index in [1.807, 2.05) is 24.3 Å². The van der Waals surface area contributed by atoms with Crippen LogP contribution in [0.4, 0.5) is 10.8 Å². The third-order valence-corrected chi connectivity index (χ3v) is 3.56. The van der Waals surface area contributed by atoms with E-state index < -0.39 is 5.91 Å². The smallest absolute Gasteiger partial charge is 0.230 e. The van der Waals surface area contributed by atoms with E-state index in [1.165, 1.54) is 11.3 Å². The maximum atomic E-state index is 10.8. The van der Waals surface area contributed by atoms with Crippen LogP contribution in [0.5, 0.6) is 5.88 Å². The molecular formula is C13H11N5O2S. The number of thiazole rings is 1. The van der Waals surface area contributed by atoms with Crippen molar-refractivity contribution in [2.45, 2.75) is 6.42 Å². The Bertz CT molecular complexity index is 836. The number of fused-ring (bicyclic) bond motifs is 1. The van der Waals surface area contributed by atoms with Crippen LogP contribution in [0.2, 0.25) is 0 Å². The van der Waals surface area contributed by atoms with Gasteiger partial charge in [0.25, 0.3) is 0 Å². The molecule has 0 aliphatic rings. The molecule has 2 aromatic heterocycles.